The van der Waals surface area contributed by atoms with Gasteiger partial charge in [-0.15, -0.1) is 12.6 Å². The molecule has 4 heteroatoms. The third-order valence-electron chi connectivity index (χ3n) is 1.30. The predicted octanol–water partition coefficient (Wildman–Crippen LogP) is 1.74. The normalized spacial score (nSPS) is 9.83. The molecule has 2 nitrogen and oxygen atoms in total. The molecule has 0 saturated heterocycles. The van der Waals surface area contributed by atoms with Crippen LogP contribution >= 0.6 is 12.6 Å². The molecule has 0 aromatic heterocycles. The lowest BCUT2D eigenvalue weighted by atomic mass is 10.1. The third kappa shape index (κ3) is 2.54. The summed E-state index contributed by atoms with van der Waals surface area (Å²) in [7, 11) is 0. The number of carboxylic acids is 1. The van der Waals surface area contributed by atoms with Gasteiger partial charge in [0.25, 0.3) is 0 Å². The molecule has 0 radical (unpaired) electrons. The number of rotatable bonds is 2. The maximum atomic E-state index is 12.6. The van der Waals surface area contributed by atoms with Gasteiger partial charge in [0, 0.05) is 4.90 Å². The number of hydrogen-bond donors (Lipinski definition) is 2. The predicted molar refractivity (Wildman–Crippen MR) is 45.0 cm³/mol. The molecule has 1 aromatic carbocycles. The lowest BCUT2D eigenvalue weighted by Crippen LogP contribution is -2.00. The van der Waals surface area contributed by atoms with Crippen LogP contribution in [0.5, 0.6) is 0 Å². The van der Waals surface area contributed by atoms with Crippen LogP contribution in [0.15, 0.2) is 23.1 Å². The molecule has 1 aromatic rings. The van der Waals surface area contributed by atoms with Crippen LogP contribution in [0.2, 0.25) is 0 Å². The zero-order valence-electron chi connectivity index (χ0n) is 6.12. The van der Waals surface area contributed by atoms with Crippen molar-refractivity contribution in [1.29, 1.82) is 0 Å². The first kappa shape index (κ1) is 9.06. The summed E-state index contributed by atoms with van der Waals surface area (Å²) in [5.41, 5.74) is 0.424. The molecule has 0 bridgehead atoms. The molecule has 0 fully saturated rings. The molecule has 0 atom stereocenters. The van der Waals surface area contributed by atoms with Crippen molar-refractivity contribution in [3.05, 3.63) is 29.6 Å². The van der Waals surface area contributed by atoms with E-state index >= 15 is 0 Å². The largest absolute Gasteiger partial charge is 0.481 e. The van der Waals surface area contributed by atoms with E-state index in [1.807, 2.05) is 0 Å². The molecular weight excluding hydrogens is 179 g/mol. The van der Waals surface area contributed by atoms with Crippen molar-refractivity contribution in [2.24, 2.45) is 0 Å². The van der Waals surface area contributed by atoms with E-state index in [2.05, 4.69) is 12.6 Å². The van der Waals surface area contributed by atoms with E-state index in [1.165, 1.54) is 18.2 Å². The maximum absolute atomic E-state index is 12.6. The molecule has 0 aliphatic carbocycles. The van der Waals surface area contributed by atoms with Gasteiger partial charge in [0.1, 0.15) is 5.82 Å². The summed E-state index contributed by atoms with van der Waals surface area (Å²) >= 11 is 3.91. The zero-order valence-corrected chi connectivity index (χ0v) is 7.01. The van der Waals surface area contributed by atoms with E-state index in [4.69, 9.17) is 5.11 Å². The number of aliphatic carboxylic acids is 1. The van der Waals surface area contributed by atoms with Gasteiger partial charge in [0.15, 0.2) is 0 Å². The smallest absolute Gasteiger partial charge is 0.307 e. The third-order valence-corrected chi connectivity index (χ3v) is 1.56. The molecular formula is C8H7FO2S. The number of halogens is 1. The van der Waals surface area contributed by atoms with Gasteiger partial charge >= 0.3 is 5.97 Å². The molecule has 0 amide bonds. The molecule has 0 saturated carbocycles. The maximum Gasteiger partial charge on any atom is 0.307 e. The Morgan fingerprint density at radius 2 is 2.17 bits per heavy atom. The standard InChI is InChI=1S/C8H7FO2S/c9-6-1-5(3-8(10)11)2-7(12)4-6/h1-2,4,12H,3H2,(H,10,11). The van der Waals surface area contributed by atoms with Crippen LogP contribution < -0.4 is 0 Å². The average molecular weight is 186 g/mol. The number of carbonyl (C=O) groups is 1. The highest BCUT2D eigenvalue weighted by Crippen LogP contribution is 2.12. The van der Waals surface area contributed by atoms with Gasteiger partial charge in [0.05, 0.1) is 6.42 Å². The molecule has 0 unspecified atom stereocenters. The van der Waals surface area contributed by atoms with Gasteiger partial charge in [0.2, 0.25) is 0 Å². The second-order valence-corrected chi connectivity index (χ2v) is 2.90. The van der Waals surface area contributed by atoms with E-state index in [0.29, 0.717) is 10.5 Å². The molecule has 0 aliphatic rings. The van der Waals surface area contributed by atoms with Crippen LogP contribution in [0, 0.1) is 5.82 Å². The van der Waals surface area contributed by atoms with E-state index in [1.54, 1.807) is 0 Å². The lowest BCUT2D eigenvalue weighted by molar-refractivity contribution is -0.136. The molecule has 64 valence electrons. The monoisotopic (exact) mass is 186 g/mol. The van der Waals surface area contributed by atoms with Gasteiger partial charge in [-0.2, -0.15) is 0 Å². The van der Waals surface area contributed by atoms with Crippen LogP contribution in [0.4, 0.5) is 4.39 Å². The fourth-order valence-corrected chi connectivity index (χ4v) is 1.20. The van der Waals surface area contributed by atoms with Crippen molar-refractivity contribution >= 4 is 18.6 Å². The second kappa shape index (κ2) is 3.58. The van der Waals surface area contributed by atoms with Crippen molar-refractivity contribution in [1.82, 2.24) is 0 Å². The molecule has 0 heterocycles. The summed E-state index contributed by atoms with van der Waals surface area (Å²) in [6, 6.07) is 3.95. The summed E-state index contributed by atoms with van der Waals surface area (Å²) < 4.78 is 12.6. The van der Waals surface area contributed by atoms with Crippen molar-refractivity contribution < 1.29 is 14.3 Å². The molecule has 12 heavy (non-hydrogen) atoms. The zero-order chi connectivity index (χ0) is 9.14. The first-order valence-corrected chi connectivity index (χ1v) is 3.73. The van der Waals surface area contributed by atoms with Crippen molar-refractivity contribution in [2.45, 2.75) is 11.3 Å². The Hall–Kier alpha value is -1.03. The molecule has 0 aliphatic heterocycles. The van der Waals surface area contributed by atoms with E-state index in [9.17, 15) is 9.18 Å². The SMILES string of the molecule is O=C(O)Cc1cc(F)cc(S)c1. The number of benzene rings is 1. The Labute approximate surface area is 74.4 Å². The summed E-state index contributed by atoms with van der Waals surface area (Å²) in [5, 5.41) is 8.40. The minimum Gasteiger partial charge on any atom is -0.481 e. The Morgan fingerprint density at radius 1 is 1.50 bits per heavy atom. The molecule has 1 rings (SSSR count). The van der Waals surface area contributed by atoms with Crippen LogP contribution in [0.3, 0.4) is 0 Å². The minimum atomic E-state index is -0.978. The Kier molecular flexibility index (Phi) is 2.70. The van der Waals surface area contributed by atoms with E-state index in [-0.39, 0.29) is 6.42 Å². The number of thiol groups is 1. The first-order valence-electron chi connectivity index (χ1n) is 3.28. The highest BCUT2D eigenvalue weighted by molar-refractivity contribution is 7.80. The Balaban J connectivity index is 2.93. The van der Waals surface area contributed by atoms with E-state index in [0.717, 1.165) is 0 Å². The van der Waals surface area contributed by atoms with Crippen LogP contribution in [0.25, 0.3) is 0 Å². The summed E-state index contributed by atoms with van der Waals surface area (Å²) in [6.07, 6.45) is -0.175. The van der Waals surface area contributed by atoms with Gasteiger partial charge in [-0.05, 0) is 23.8 Å². The Morgan fingerprint density at radius 3 is 2.67 bits per heavy atom. The summed E-state index contributed by atoms with van der Waals surface area (Å²) in [6.45, 7) is 0. The summed E-state index contributed by atoms with van der Waals surface area (Å²) in [5.74, 6) is -1.44. The Bertz CT molecular complexity index is 292. The van der Waals surface area contributed by atoms with Gasteiger partial charge in [-0.3, -0.25) is 4.79 Å². The van der Waals surface area contributed by atoms with Crippen molar-refractivity contribution in [3.63, 3.8) is 0 Å². The fraction of sp³-hybridized carbons (Fsp3) is 0.125. The number of carboxylic acid groups (broad SMARTS) is 1. The van der Waals surface area contributed by atoms with Crippen LogP contribution in [-0.4, -0.2) is 11.1 Å². The summed E-state index contributed by atoms with van der Waals surface area (Å²) in [4.78, 5) is 10.7. The lowest BCUT2D eigenvalue weighted by Gasteiger charge is -1.98. The highest BCUT2D eigenvalue weighted by Gasteiger charge is 2.02. The second-order valence-electron chi connectivity index (χ2n) is 2.39. The highest BCUT2D eigenvalue weighted by atomic mass is 32.1. The minimum absolute atomic E-state index is 0.175. The van der Waals surface area contributed by atoms with Gasteiger partial charge < -0.3 is 5.11 Å². The first-order chi connectivity index (χ1) is 5.58. The van der Waals surface area contributed by atoms with Crippen molar-refractivity contribution in [2.75, 3.05) is 0 Å². The van der Waals surface area contributed by atoms with Crippen LogP contribution in [-0.2, 0) is 11.2 Å². The van der Waals surface area contributed by atoms with Gasteiger partial charge in [-0.25, -0.2) is 4.39 Å². The fourth-order valence-electron chi connectivity index (χ4n) is 0.910. The number of hydrogen-bond acceptors (Lipinski definition) is 2. The van der Waals surface area contributed by atoms with E-state index < -0.39 is 11.8 Å². The van der Waals surface area contributed by atoms with Crippen LogP contribution in [0.1, 0.15) is 5.56 Å². The average Bonchev–Trinajstić information content (AvgIpc) is 1.81. The quantitative estimate of drug-likeness (QED) is 0.690. The molecule has 0 spiro atoms. The topological polar surface area (TPSA) is 37.3 Å². The van der Waals surface area contributed by atoms with Crippen molar-refractivity contribution in [3.8, 4) is 0 Å². The molecule has 1 N–H and O–H groups in total. The van der Waals surface area contributed by atoms with Gasteiger partial charge in [-0.1, -0.05) is 0 Å².